The number of aromatic nitrogens is 2. The molecular weight excluding hydrogens is 281 g/mol. The largest absolute Gasteiger partial charge is 0.383 e. The Balaban J connectivity index is 2.43. The highest BCUT2D eigenvalue weighted by atomic mass is 35.5. The van der Waals surface area contributed by atoms with Gasteiger partial charge in [-0.2, -0.15) is 5.10 Å². The molecule has 0 spiro atoms. The van der Waals surface area contributed by atoms with E-state index in [2.05, 4.69) is 5.10 Å². The first-order valence-electron chi connectivity index (χ1n) is 6.39. The quantitative estimate of drug-likeness (QED) is 0.863. The number of anilines is 1. The van der Waals surface area contributed by atoms with Gasteiger partial charge in [0, 0.05) is 31.2 Å². The van der Waals surface area contributed by atoms with Gasteiger partial charge < -0.3 is 10.5 Å². The topological polar surface area (TPSA) is 53.1 Å². The molecule has 0 aliphatic heterocycles. The highest BCUT2D eigenvalue weighted by Gasteiger charge is 2.18. The van der Waals surface area contributed by atoms with Crippen molar-refractivity contribution in [3.8, 4) is 11.1 Å². The molecule has 6 heteroatoms. The maximum atomic E-state index is 13.2. The number of aryl methyl sites for hydroxylation is 1. The molecule has 0 radical (unpaired) electrons. The average molecular weight is 298 g/mol. The fourth-order valence-electron chi connectivity index (χ4n) is 2.07. The maximum absolute atomic E-state index is 13.2. The molecule has 0 amide bonds. The van der Waals surface area contributed by atoms with E-state index in [0.717, 1.165) is 11.3 Å². The Kier molecular flexibility index (Phi) is 4.62. The summed E-state index contributed by atoms with van der Waals surface area (Å²) >= 11 is 6.11. The molecule has 1 aromatic heterocycles. The SMILES string of the molecule is CCOCCc1nn(C)c(N)c1-c1ccc(F)cc1Cl. The van der Waals surface area contributed by atoms with Crippen molar-refractivity contribution in [2.45, 2.75) is 13.3 Å². The molecule has 2 N–H and O–H groups in total. The second-order valence-electron chi connectivity index (χ2n) is 4.40. The Hall–Kier alpha value is -1.59. The van der Waals surface area contributed by atoms with Crippen molar-refractivity contribution in [1.82, 2.24) is 9.78 Å². The Labute approximate surface area is 122 Å². The zero-order valence-electron chi connectivity index (χ0n) is 11.5. The van der Waals surface area contributed by atoms with E-state index in [1.807, 2.05) is 6.92 Å². The number of nitrogens with zero attached hydrogens (tertiary/aromatic N) is 2. The number of ether oxygens (including phenoxy) is 1. The van der Waals surface area contributed by atoms with Gasteiger partial charge in [-0.15, -0.1) is 0 Å². The van der Waals surface area contributed by atoms with Crippen LogP contribution in [0.25, 0.3) is 11.1 Å². The average Bonchev–Trinajstić information content (AvgIpc) is 2.67. The minimum absolute atomic E-state index is 0.322. The molecule has 0 atom stereocenters. The summed E-state index contributed by atoms with van der Waals surface area (Å²) in [4.78, 5) is 0. The number of halogens is 2. The predicted octanol–water partition coefficient (Wildman–Crippen LogP) is 3.04. The standard InChI is InChI=1S/C14H17ClFN3O/c1-3-20-7-6-12-13(14(17)19(2)18-12)10-5-4-9(16)8-11(10)15/h4-5,8H,3,6-7,17H2,1-2H3. The molecule has 0 saturated carbocycles. The van der Waals surface area contributed by atoms with Crippen LogP contribution in [0.3, 0.4) is 0 Å². The predicted molar refractivity (Wildman–Crippen MR) is 78.2 cm³/mol. The van der Waals surface area contributed by atoms with E-state index in [1.165, 1.54) is 12.1 Å². The highest BCUT2D eigenvalue weighted by molar-refractivity contribution is 6.33. The van der Waals surface area contributed by atoms with Gasteiger partial charge in [-0.3, -0.25) is 4.68 Å². The first-order valence-corrected chi connectivity index (χ1v) is 6.77. The van der Waals surface area contributed by atoms with Crippen molar-refractivity contribution in [2.75, 3.05) is 18.9 Å². The van der Waals surface area contributed by atoms with E-state index in [4.69, 9.17) is 22.1 Å². The fourth-order valence-corrected chi connectivity index (χ4v) is 2.33. The zero-order chi connectivity index (χ0) is 14.7. The third-order valence-corrected chi connectivity index (χ3v) is 3.36. The first-order chi connectivity index (χ1) is 9.54. The smallest absolute Gasteiger partial charge is 0.129 e. The lowest BCUT2D eigenvalue weighted by Gasteiger charge is -2.07. The number of nitrogens with two attached hydrogens (primary N) is 1. The highest BCUT2D eigenvalue weighted by Crippen LogP contribution is 2.35. The Morgan fingerprint density at radius 3 is 2.85 bits per heavy atom. The van der Waals surface area contributed by atoms with Crippen LogP contribution in [0.5, 0.6) is 0 Å². The lowest BCUT2D eigenvalue weighted by atomic mass is 10.0. The van der Waals surface area contributed by atoms with Crippen LogP contribution in [0.2, 0.25) is 5.02 Å². The van der Waals surface area contributed by atoms with Crippen molar-refractivity contribution in [2.24, 2.45) is 7.05 Å². The van der Waals surface area contributed by atoms with E-state index in [-0.39, 0.29) is 5.82 Å². The van der Waals surface area contributed by atoms with Gasteiger partial charge in [0.25, 0.3) is 0 Å². The summed E-state index contributed by atoms with van der Waals surface area (Å²) in [6.07, 6.45) is 0.627. The number of rotatable bonds is 5. The first kappa shape index (κ1) is 14.8. The molecule has 0 saturated heterocycles. The lowest BCUT2D eigenvalue weighted by Crippen LogP contribution is -2.00. The normalized spacial score (nSPS) is 11.0. The summed E-state index contributed by atoms with van der Waals surface area (Å²) in [6.45, 7) is 3.14. The van der Waals surface area contributed by atoms with Gasteiger partial charge in [-0.05, 0) is 25.1 Å². The van der Waals surface area contributed by atoms with Gasteiger partial charge in [-0.25, -0.2) is 4.39 Å². The van der Waals surface area contributed by atoms with E-state index >= 15 is 0 Å². The number of benzene rings is 1. The Morgan fingerprint density at radius 2 is 2.20 bits per heavy atom. The van der Waals surface area contributed by atoms with E-state index in [9.17, 15) is 4.39 Å². The van der Waals surface area contributed by atoms with Gasteiger partial charge in [0.1, 0.15) is 11.6 Å². The van der Waals surface area contributed by atoms with Crippen molar-refractivity contribution < 1.29 is 9.13 Å². The van der Waals surface area contributed by atoms with Crippen LogP contribution in [0.4, 0.5) is 10.2 Å². The zero-order valence-corrected chi connectivity index (χ0v) is 12.2. The van der Waals surface area contributed by atoms with Crippen molar-refractivity contribution in [3.63, 3.8) is 0 Å². The molecule has 0 aliphatic rings. The summed E-state index contributed by atoms with van der Waals surface area (Å²) in [6, 6.07) is 4.25. The van der Waals surface area contributed by atoms with E-state index < -0.39 is 0 Å². The second kappa shape index (κ2) is 6.24. The molecule has 0 fully saturated rings. The molecule has 0 aliphatic carbocycles. The van der Waals surface area contributed by atoms with Gasteiger partial charge in [0.2, 0.25) is 0 Å². The van der Waals surface area contributed by atoms with Crippen LogP contribution in [-0.4, -0.2) is 23.0 Å². The van der Waals surface area contributed by atoms with Crippen LogP contribution < -0.4 is 5.73 Å². The third-order valence-electron chi connectivity index (χ3n) is 3.05. The van der Waals surface area contributed by atoms with Crippen molar-refractivity contribution >= 4 is 17.4 Å². The molecular formula is C14H17ClFN3O. The van der Waals surface area contributed by atoms with Gasteiger partial charge in [-0.1, -0.05) is 11.6 Å². The molecule has 0 unspecified atom stereocenters. The van der Waals surface area contributed by atoms with Gasteiger partial charge >= 0.3 is 0 Å². The Bertz CT molecular complexity index is 613. The van der Waals surface area contributed by atoms with E-state index in [0.29, 0.717) is 36.0 Å². The molecule has 20 heavy (non-hydrogen) atoms. The molecule has 2 aromatic rings. The van der Waals surface area contributed by atoms with Crippen LogP contribution in [-0.2, 0) is 18.2 Å². The summed E-state index contributed by atoms with van der Waals surface area (Å²) in [5.41, 5.74) is 8.28. The molecule has 0 bridgehead atoms. The van der Waals surface area contributed by atoms with Crippen LogP contribution in [0.15, 0.2) is 18.2 Å². The number of hydrogen-bond acceptors (Lipinski definition) is 3. The Morgan fingerprint density at radius 1 is 1.45 bits per heavy atom. The fraction of sp³-hybridized carbons (Fsp3) is 0.357. The van der Waals surface area contributed by atoms with Crippen molar-refractivity contribution in [1.29, 1.82) is 0 Å². The molecule has 1 aromatic carbocycles. The summed E-state index contributed by atoms with van der Waals surface area (Å²) < 4.78 is 20.1. The minimum atomic E-state index is -0.378. The summed E-state index contributed by atoms with van der Waals surface area (Å²) in [7, 11) is 1.76. The second-order valence-corrected chi connectivity index (χ2v) is 4.81. The molecule has 1 heterocycles. The van der Waals surface area contributed by atoms with Crippen molar-refractivity contribution in [3.05, 3.63) is 34.7 Å². The van der Waals surface area contributed by atoms with Crippen LogP contribution in [0.1, 0.15) is 12.6 Å². The molecule has 108 valence electrons. The van der Waals surface area contributed by atoms with Crippen LogP contribution >= 0.6 is 11.6 Å². The molecule has 4 nitrogen and oxygen atoms in total. The van der Waals surface area contributed by atoms with Crippen LogP contribution in [0, 0.1) is 5.82 Å². The third kappa shape index (κ3) is 2.94. The lowest BCUT2D eigenvalue weighted by molar-refractivity contribution is 0.150. The van der Waals surface area contributed by atoms with Gasteiger partial charge in [0.15, 0.2) is 0 Å². The number of hydrogen-bond donors (Lipinski definition) is 1. The number of nitrogen functional groups attached to an aromatic ring is 1. The minimum Gasteiger partial charge on any atom is -0.383 e. The van der Waals surface area contributed by atoms with E-state index in [1.54, 1.807) is 17.8 Å². The van der Waals surface area contributed by atoms with Gasteiger partial charge in [0.05, 0.1) is 17.3 Å². The molecule has 2 rings (SSSR count). The summed E-state index contributed by atoms with van der Waals surface area (Å²) in [5, 5.41) is 4.70. The monoisotopic (exact) mass is 297 g/mol. The summed E-state index contributed by atoms with van der Waals surface area (Å²) in [5.74, 6) is 0.127. The maximum Gasteiger partial charge on any atom is 0.129 e.